The van der Waals surface area contributed by atoms with Gasteiger partial charge in [-0.25, -0.2) is 15.0 Å². The monoisotopic (exact) mass is 361 g/mol. The summed E-state index contributed by atoms with van der Waals surface area (Å²) in [6, 6.07) is 5.68. The van der Waals surface area contributed by atoms with Crippen molar-refractivity contribution in [2.45, 2.75) is 19.5 Å². The lowest BCUT2D eigenvalue weighted by atomic mass is 10.2. The topological polar surface area (TPSA) is 90.5 Å². The van der Waals surface area contributed by atoms with Gasteiger partial charge in [-0.05, 0) is 24.1 Å². The first-order valence-corrected chi connectivity index (χ1v) is 8.73. The van der Waals surface area contributed by atoms with Gasteiger partial charge in [0.2, 0.25) is 0 Å². The number of pyridine rings is 2. The SMILES string of the molecule is O=C(NCCCn1ccnc1)c1cnc2c(c1)ncn2Cc1cccnc1. The van der Waals surface area contributed by atoms with Gasteiger partial charge in [-0.1, -0.05) is 6.07 Å². The Labute approximate surface area is 155 Å². The summed E-state index contributed by atoms with van der Waals surface area (Å²) < 4.78 is 3.92. The number of aryl methyl sites for hydroxylation is 1. The number of hydrogen-bond acceptors (Lipinski definition) is 5. The molecular weight excluding hydrogens is 342 g/mol. The molecule has 8 nitrogen and oxygen atoms in total. The number of fused-ring (bicyclic) bond motifs is 1. The van der Waals surface area contributed by atoms with E-state index in [0.29, 0.717) is 24.2 Å². The molecule has 4 aromatic heterocycles. The fourth-order valence-corrected chi connectivity index (χ4v) is 2.86. The molecule has 4 rings (SSSR count). The molecule has 0 spiro atoms. The number of amides is 1. The van der Waals surface area contributed by atoms with Crippen molar-refractivity contribution in [3.8, 4) is 0 Å². The highest BCUT2D eigenvalue weighted by molar-refractivity contribution is 5.96. The number of imidazole rings is 2. The second-order valence-electron chi connectivity index (χ2n) is 6.21. The lowest BCUT2D eigenvalue weighted by Gasteiger charge is -2.06. The lowest BCUT2D eigenvalue weighted by Crippen LogP contribution is -2.25. The van der Waals surface area contributed by atoms with Crippen LogP contribution in [-0.2, 0) is 13.1 Å². The first kappa shape index (κ1) is 16.9. The van der Waals surface area contributed by atoms with Crippen molar-refractivity contribution in [2.75, 3.05) is 6.54 Å². The highest BCUT2D eigenvalue weighted by atomic mass is 16.1. The van der Waals surface area contributed by atoms with Crippen LogP contribution in [-0.4, -0.2) is 41.5 Å². The smallest absolute Gasteiger partial charge is 0.252 e. The Bertz CT molecular complexity index is 1020. The Morgan fingerprint density at radius 1 is 1.11 bits per heavy atom. The molecule has 0 aliphatic rings. The number of carbonyl (C=O) groups excluding carboxylic acids is 1. The first-order valence-electron chi connectivity index (χ1n) is 8.73. The third-order valence-corrected chi connectivity index (χ3v) is 4.23. The molecule has 0 saturated heterocycles. The van der Waals surface area contributed by atoms with E-state index < -0.39 is 0 Å². The summed E-state index contributed by atoms with van der Waals surface area (Å²) in [6.07, 6.45) is 13.1. The summed E-state index contributed by atoms with van der Waals surface area (Å²) in [4.78, 5) is 29.3. The largest absolute Gasteiger partial charge is 0.352 e. The maximum atomic E-state index is 12.3. The summed E-state index contributed by atoms with van der Waals surface area (Å²) in [7, 11) is 0. The van der Waals surface area contributed by atoms with E-state index in [2.05, 4.69) is 25.3 Å². The van der Waals surface area contributed by atoms with Gasteiger partial charge in [0.25, 0.3) is 5.91 Å². The number of aromatic nitrogens is 6. The van der Waals surface area contributed by atoms with Gasteiger partial charge >= 0.3 is 0 Å². The van der Waals surface area contributed by atoms with Gasteiger partial charge in [0.15, 0.2) is 5.65 Å². The number of nitrogens with zero attached hydrogens (tertiary/aromatic N) is 6. The van der Waals surface area contributed by atoms with Crippen LogP contribution in [0.15, 0.2) is 61.8 Å². The van der Waals surface area contributed by atoms with E-state index in [0.717, 1.165) is 24.2 Å². The summed E-state index contributed by atoms with van der Waals surface area (Å²) in [5.74, 6) is -0.142. The fourth-order valence-electron chi connectivity index (χ4n) is 2.86. The average molecular weight is 361 g/mol. The molecule has 4 aromatic rings. The Morgan fingerprint density at radius 3 is 2.89 bits per heavy atom. The number of hydrogen-bond donors (Lipinski definition) is 1. The van der Waals surface area contributed by atoms with Crippen molar-refractivity contribution in [1.29, 1.82) is 0 Å². The molecule has 0 unspecified atom stereocenters. The minimum absolute atomic E-state index is 0.142. The predicted molar refractivity (Wildman–Crippen MR) is 100 cm³/mol. The van der Waals surface area contributed by atoms with Gasteiger partial charge < -0.3 is 14.5 Å². The highest BCUT2D eigenvalue weighted by Crippen LogP contribution is 2.13. The minimum Gasteiger partial charge on any atom is -0.352 e. The Morgan fingerprint density at radius 2 is 2.07 bits per heavy atom. The first-order chi connectivity index (χ1) is 13.3. The van der Waals surface area contributed by atoms with E-state index in [4.69, 9.17) is 0 Å². The molecule has 1 amide bonds. The molecule has 0 aliphatic carbocycles. The van der Waals surface area contributed by atoms with Crippen LogP contribution in [0.3, 0.4) is 0 Å². The van der Waals surface area contributed by atoms with Crippen LogP contribution in [0.2, 0.25) is 0 Å². The van der Waals surface area contributed by atoms with Crippen LogP contribution >= 0.6 is 0 Å². The molecule has 27 heavy (non-hydrogen) atoms. The van der Waals surface area contributed by atoms with E-state index in [1.807, 2.05) is 33.7 Å². The fraction of sp³-hybridized carbons (Fsp3) is 0.211. The standard InChI is InChI=1S/C19H19N7O/c27-19(22-5-2-7-25-8-6-21-13-25)16-9-17-18(23-11-16)26(14-24-17)12-15-3-1-4-20-10-15/h1,3-4,6,8-11,13-14H,2,5,7,12H2,(H,22,27). The summed E-state index contributed by atoms with van der Waals surface area (Å²) in [5, 5.41) is 2.92. The molecule has 0 saturated carbocycles. The third-order valence-electron chi connectivity index (χ3n) is 4.23. The molecule has 4 heterocycles. The van der Waals surface area contributed by atoms with Gasteiger partial charge in [-0.15, -0.1) is 0 Å². The number of rotatable bonds is 7. The van der Waals surface area contributed by atoms with Crippen LogP contribution in [0.4, 0.5) is 0 Å². The van der Waals surface area contributed by atoms with Crippen LogP contribution in [0.5, 0.6) is 0 Å². The summed E-state index contributed by atoms with van der Waals surface area (Å²) in [6.45, 7) is 2.04. The molecule has 0 aromatic carbocycles. The number of carbonyl (C=O) groups is 1. The maximum Gasteiger partial charge on any atom is 0.252 e. The molecule has 0 radical (unpaired) electrons. The molecular formula is C19H19N7O. The third kappa shape index (κ3) is 4.00. The zero-order valence-corrected chi connectivity index (χ0v) is 14.7. The molecule has 0 fully saturated rings. The molecule has 0 atom stereocenters. The van der Waals surface area contributed by atoms with Crippen molar-refractivity contribution in [3.05, 3.63) is 73.0 Å². The summed E-state index contributed by atoms with van der Waals surface area (Å²) in [5.41, 5.74) is 3.02. The van der Waals surface area contributed by atoms with Crippen molar-refractivity contribution < 1.29 is 4.79 Å². The van der Waals surface area contributed by atoms with Crippen LogP contribution in [0.25, 0.3) is 11.2 Å². The zero-order chi connectivity index (χ0) is 18.5. The quantitative estimate of drug-likeness (QED) is 0.508. The normalized spacial score (nSPS) is 11.0. The van der Waals surface area contributed by atoms with Gasteiger partial charge in [0, 0.05) is 44.1 Å². The summed E-state index contributed by atoms with van der Waals surface area (Å²) >= 11 is 0. The average Bonchev–Trinajstić information content (AvgIpc) is 3.36. The zero-order valence-electron chi connectivity index (χ0n) is 14.7. The van der Waals surface area contributed by atoms with Crippen LogP contribution in [0.1, 0.15) is 22.3 Å². The number of nitrogens with one attached hydrogen (secondary N) is 1. The molecule has 0 bridgehead atoms. The van der Waals surface area contributed by atoms with Gasteiger partial charge in [-0.2, -0.15) is 0 Å². The Balaban J connectivity index is 1.38. The molecule has 0 aliphatic heterocycles. The Kier molecular flexibility index (Phi) is 4.86. The lowest BCUT2D eigenvalue weighted by molar-refractivity contribution is 0.0952. The Hall–Kier alpha value is -3.55. The maximum absolute atomic E-state index is 12.3. The van der Waals surface area contributed by atoms with E-state index >= 15 is 0 Å². The van der Waals surface area contributed by atoms with Crippen molar-refractivity contribution in [3.63, 3.8) is 0 Å². The molecule has 1 N–H and O–H groups in total. The van der Waals surface area contributed by atoms with Crippen LogP contribution in [0, 0.1) is 0 Å². The van der Waals surface area contributed by atoms with Crippen molar-refractivity contribution in [2.24, 2.45) is 0 Å². The molecule has 8 heteroatoms. The second-order valence-corrected chi connectivity index (χ2v) is 6.21. The highest BCUT2D eigenvalue weighted by Gasteiger charge is 2.10. The van der Waals surface area contributed by atoms with E-state index in [1.54, 1.807) is 37.3 Å². The van der Waals surface area contributed by atoms with Gasteiger partial charge in [0.05, 0.1) is 24.8 Å². The van der Waals surface area contributed by atoms with E-state index in [1.165, 1.54) is 0 Å². The van der Waals surface area contributed by atoms with Gasteiger partial charge in [0.1, 0.15) is 5.52 Å². The van der Waals surface area contributed by atoms with E-state index in [9.17, 15) is 4.79 Å². The van der Waals surface area contributed by atoms with Crippen molar-refractivity contribution >= 4 is 17.1 Å². The van der Waals surface area contributed by atoms with Crippen molar-refractivity contribution in [1.82, 2.24) is 34.4 Å². The van der Waals surface area contributed by atoms with Crippen LogP contribution < -0.4 is 5.32 Å². The predicted octanol–water partition coefficient (Wildman–Crippen LogP) is 1.89. The van der Waals surface area contributed by atoms with E-state index in [-0.39, 0.29) is 5.91 Å². The minimum atomic E-state index is -0.142. The second kappa shape index (κ2) is 7.77. The molecule has 136 valence electrons. The van der Waals surface area contributed by atoms with Gasteiger partial charge in [-0.3, -0.25) is 9.78 Å².